The molecule has 1 aromatic heterocycles. The molecule has 1 heterocycles. The Balaban J connectivity index is 1.77. The number of hydrogen-bond donors (Lipinski definition) is 1. The zero-order valence-electron chi connectivity index (χ0n) is 15.6. The Morgan fingerprint density at radius 3 is 2.31 bits per heavy atom. The molecule has 1 saturated carbocycles. The summed E-state index contributed by atoms with van der Waals surface area (Å²) >= 11 is 5.89. The van der Waals surface area contributed by atoms with Crippen LogP contribution in [0.15, 0.2) is 62.9 Å². The molecule has 0 radical (unpaired) electrons. The average molecular weight is 435 g/mol. The van der Waals surface area contributed by atoms with Crippen molar-refractivity contribution in [3.63, 3.8) is 0 Å². The molecular weight excluding hydrogens is 415 g/mol. The van der Waals surface area contributed by atoms with Crippen LogP contribution in [0.5, 0.6) is 0 Å². The molecule has 1 aliphatic carbocycles. The van der Waals surface area contributed by atoms with Crippen LogP contribution in [-0.2, 0) is 9.84 Å². The molecule has 0 saturated heterocycles. The number of nitrogens with one attached hydrogen (secondary N) is 1. The quantitative estimate of drug-likeness (QED) is 0.556. The van der Waals surface area contributed by atoms with Crippen molar-refractivity contribution in [1.29, 1.82) is 0 Å². The molecule has 0 unspecified atom stereocenters. The molecule has 0 atom stereocenters. The summed E-state index contributed by atoms with van der Waals surface area (Å²) < 4.78 is 45.6. The minimum atomic E-state index is -3.93. The van der Waals surface area contributed by atoms with Gasteiger partial charge in [0.2, 0.25) is 26.6 Å². The van der Waals surface area contributed by atoms with Gasteiger partial charge in [0, 0.05) is 16.6 Å². The van der Waals surface area contributed by atoms with E-state index in [0.717, 1.165) is 25.7 Å². The first kappa shape index (κ1) is 19.9. The number of hydrogen-bond acceptors (Lipinski definition) is 5. The van der Waals surface area contributed by atoms with Crippen molar-refractivity contribution < 1.29 is 17.2 Å². The van der Waals surface area contributed by atoms with Gasteiger partial charge in [-0.2, -0.15) is 4.98 Å². The number of oxazole rings is 1. The third kappa shape index (κ3) is 4.31. The third-order valence-corrected chi connectivity index (χ3v) is 6.94. The van der Waals surface area contributed by atoms with Crippen LogP contribution in [0.25, 0.3) is 11.5 Å². The fraction of sp³-hybridized carbons (Fsp3) is 0.286. The van der Waals surface area contributed by atoms with E-state index >= 15 is 0 Å². The molecule has 0 spiro atoms. The van der Waals surface area contributed by atoms with Gasteiger partial charge in [-0.05, 0) is 61.4 Å². The Bertz CT molecular complexity index is 1090. The van der Waals surface area contributed by atoms with Crippen molar-refractivity contribution in [2.45, 2.75) is 48.1 Å². The summed E-state index contributed by atoms with van der Waals surface area (Å²) in [5.41, 5.74) is 0.496. The Morgan fingerprint density at radius 1 is 1.00 bits per heavy atom. The van der Waals surface area contributed by atoms with E-state index in [4.69, 9.17) is 16.0 Å². The zero-order chi connectivity index (χ0) is 20.4. The molecule has 3 aromatic rings. The van der Waals surface area contributed by atoms with Gasteiger partial charge in [0.25, 0.3) is 0 Å². The predicted octanol–water partition coefficient (Wildman–Crippen LogP) is 5.71. The van der Waals surface area contributed by atoms with Crippen LogP contribution < -0.4 is 5.32 Å². The SMILES string of the molecule is O=S(=O)(c1ccc(Cl)cc1)c1nc(-c2ccc(F)cc2)oc1NC1CCCCC1. The monoisotopic (exact) mass is 434 g/mol. The van der Waals surface area contributed by atoms with E-state index in [0.29, 0.717) is 10.6 Å². The Labute approximate surface area is 173 Å². The summed E-state index contributed by atoms with van der Waals surface area (Å²) in [6.07, 6.45) is 5.21. The lowest BCUT2D eigenvalue weighted by molar-refractivity contribution is 0.450. The summed E-state index contributed by atoms with van der Waals surface area (Å²) in [6.45, 7) is 0. The fourth-order valence-corrected chi connectivity index (χ4v) is 4.84. The molecule has 1 fully saturated rings. The zero-order valence-corrected chi connectivity index (χ0v) is 17.1. The highest BCUT2D eigenvalue weighted by Crippen LogP contribution is 2.34. The molecule has 0 bridgehead atoms. The molecule has 8 heteroatoms. The van der Waals surface area contributed by atoms with Crippen LogP contribution in [0.3, 0.4) is 0 Å². The van der Waals surface area contributed by atoms with Gasteiger partial charge >= 0.3 is 0 Å². The number of rotatable bonds is 5. The second kappa shape index (κ2) is 8.16. The van der Waals surface area contributed by atoms with E-state index in [1.807, 2.05) is 0 Å². The van der Waals surface area contributed by atoms with Gasteiger partial charge in [-0.25, -0.2) is 12.8 Å². The van der Waals surface area contributed by atoms with Crippen LogP contribution in [0.1, 0.15) is 32.1 Å². The molecule has 1 N–H and O–H groups in total. The molecule has 2 aromatic carbocycles. The van der Waals surface area contributed by atoms with Gasteiger partial charge in [-0.3, -0.25) is 0 Å². The average Bonchev–Trinajstić information content (AvgIpc) is 3.14. The largest absolute Gasteiger partial charge is 0.419 e. The molecule has 0 aliphatic heterocycles. The Hall–Kier alpha value is -2.38. The van der Waals surface area contributed by atoms with E-state index in [1.165, 1.54) is 55.0 Å². The highest BCUT2D eigenvalue weighted by atomic mass is 35.5. The van der Waals surface area contributed by atoms with Crippen LogP contribution >= 0.6 is 11.6 Å². The Kier molecular flexibility index (Phi) is 5.61. The van der Waals surface area contributed by atoms with E-state index in [-0.39, 0.29) is 27.7 Å². The van der Waals surface area contributed by atoms with Crippen molar-refractivity contribution in [3.05, 3.63) is 59.4 Å². The molecule has 29 heavy (non-hydrogen) atoms. The van der Waals surface area contributed by atoms with Gasteiger partial charge < -0.3 is 9.73 Å². The van der Waals surface area contributed by atoms with Gasteiger partial charge in [-0.15, -0.1) is 0 Å². The summed E-state index contributed by atoms with van der Waals surface area (Å²) in [5, 5.41) is 3.49. The molecule has 152 valence electrons. The Morgan fingerprint density at radius 2 is 1.66 bits per heavy atom. The lowest BCUT2D eigenvalue weighted by atomic mass is 9.96. The first-order valence-electron chi connectivity index (χ1n) is 9.47. The van der Waals surface area contributed by atoms with Crippen LogP contribution in [0.2, 0.25) is 5.02 Å². The van der Waals surface area contributed by atoms with Crippen molar-refractivity contribution in [3.8, 4) is 11.5 Å². The van der Waals surface area contributed by atoms with Crippen LogP contribution in [0.4, 0.5) is 10.3 Å². The summed E-state index contributed by atoms with van der Waals surface area (Å²) in [6, 6.07) is 11.6. The predicted molar refractivity (Wildman–Crippen MR) is 109 cm³/mol. The highest BCUT2D eigenvalue weighted by molar-refractivity contribution is 7.91. The van der Waals surface area contributed by atoms with Crippen LogP contribution in [0, 0.1) is 5.82 Å². The van der Waals surface area contributed by atoms with Crippen molar-refractivity contribution in [2.75, 3.05) is 5.32 Å². The second-order valence-corrected chi connectivity index (χ2v) is 9.40. The van der Waals surface area contributed by atoms with Crippen molar-refractivity contribution in [2.24, 2.45) is 0 Å². The maximum atomic E-state index is 13.3. The molecular formula is C21H20ClFN2O3S. The van der Waals surface area contributed by atoms with E-state index < -0.39 is 15.7 Å². The maximum Gasteiger partial charge on any atom is 0.234 e. The lowest BCUT2D eigenvalue weighted by Crippen LogP contribution is -2.23. The van der Waals surface area contributed by atoms with Gasteiger partial charge in [0.05, 0.1) is 4.90 Å². The minimum absolute atomic E-state index is 0.0764. The molecule has 0 amide bonds. The minimum Gasteiger partial charge on any atom is -0.419 e. The fourth-order valence-electron chi connectivity index (χ4n) is 3.45. The number of sulfone groups is 1. The smallest absolute Gasteiger partial charge is 0.234 e. The number of benzene rings is 2. The summed E-state index contributed by atoms with van der Waals surface area (Å²) in [4.78, 5) is 4.35. The van der Waals surface area contributed by atoms with E-state index in [9.17, 15) is 12.8 Å². The van der Waals surface area contributed by atoms with Crippen molar-refractivity contribution in [1.82, 2.24) is 4.98 Å². The topological polar surface area (TPSA) is 72.2 Å². The van der Waals surface area contributed by atoms with Gasteiger partial charge in [0.1, 0.15) is 5.82 Å². The first-order valence-corrected chi connectivity index (χ1v) is 11.3. The van der Waals surface area contributed by atoms with Crippen LogP contribution in [-0.4, -0.2) is 19.4 Å². The second-order valence-electron chi connectivity index (χ2n) is 7.10. The van der Waals surface area contributed by atoms with Gasteiger partial charge in [0.15, 0.2) is 0 Å². The lowest BCUT2D eigenvalue weighted by Gasteiger charge is -2.22. The number of aromatic nitrogens is 1. The molecule has 5 nitrogen and oxygen atoms in total. The highest BCUT2D eigenvalue weighted by Gasteiger charge is 2.30. The van der Waals surface area contributed by atoms with Gasteiger partial charge in [-0.1, -0.05) is 30.9 Å². The van der Waals surface area contributed by atoms with Crippen molar-refractivity contribution >= 4 is 27.3 Å². The maximum absolute atomic E-state index is 13.3. The normalized spacial score (nSPS) is 15.4. The summed E-state index contributed by atoms with van der Waals surface area (Å²) in [5.74, 6) is -0.156. The number of anilines is 1. The molecule has 1 aliphatic rings. The first-order chi connectivity index (χ1) is 13.9. The third-order valence-electron chi connectivity index (χ3n) is 5.01. The number of halogens is 2. The molecule has 4 rings (SSSR count). The standard InChI is InChI=1S/C21H20ClFN2O3S/c22-15-8-12-18(13-9-15)29(26,27)21-20(24-17-4-2-1-3-5-17)28-19(25-21)14-6-10-16(23)11-7-14/h6-13,17,24H,1-5H2. The van der Waals surface area contributed by atoms with E-state index in [2.05, 4.69) is 10.3 Å². The summed E-state index contributed by atoms with van der Waals surface area (Å²) in [7, 11) is -3.93. The number of nitrogens with zero attached hydrogens (tertiary/aromatic N) is 1. The van der Waals surface area contributed by atoms with E-state index in [1.54, 1.807) is 0 Å².